The molecule has 1 aromatic heterocycles. The van der Waals surface area contributed by atoms with Crippen LogP contribution in [-0.2, 0) is 16.4 Å². The van der Waals surface area contributed by atoms with Gasteiger partial charge in [-0.2, -0.15) is 0 Å². The molecule has 0 saturated heterocycles. The highest BCUT2D eigenvalue weighted by molar-refractivity contribution is 7.89. The van der Waals surface area contributed by atoms with Crippen molar-refractivity contribution in [2.75, 3.05) is 13.7 Å². The lowest BCUT2D eigenvalue weighted by molar-refractivity contribution is 0.414. The van der Waals surface area contributed by atoms with Gasteiger partial charge < -0.3 is 9.15 Å². The van der Waals surface area contributed by atoms with Crippen molar-refractivity contribution in [3.63, 3.8) is 0 Å². The van der Waals surface area contributed by atoms with E-state index in [2.05, 4.69) is 4.72 Å². The van der Waals surface area contributed by atoms with E-state index in [-0.39, 0.29) is 4.90 Å². The molecule has 0 amide bonds. The lowest BCUT2D eigenvalue weighted by Gasteiger charge is -2.06. The molecule has 0 aliphatic rings. The number of furan rings is 1. The first-order valence-corrected chi connectivity index (χ1v) is 7.25. The molecular weight excluding hydrogens is 266 g/mol. The van der Waals surface area contributed by atoms with Gasteiger partial charge in [0.15, 0.2) is 0 Å². The molecule has 0 fully saturated rings. The molecule has 2 aromatic rings. The summed E-state index contributed by atoms with van der Waals surface area (Å²) in [5, 5.41) is 0. The van der Waals surface area contributed by atoms with E-state index in [1.165, 1.54) is 19.2 Å². The fraction of sp³-hybridized carbons (Fsp3) is 0.231. The number of sulfonamides is 1. The minimum absolute atomic E-state index is 0.223. The Bertz CT molecular complexity index is 603. The number of methoxy groups -OCH3 is 1. The summed E-state index contributed by atoms with van der Waals surface area (Å²) in [6.45, 7) is 0.327. The van der Waals surface area contributed by atoms with Gasteiger partial charge in [0.05, 0.1) is 24.5 Å². The van der Waals surface area contributed by atoms with E-state index >= 15 is 0 Å². The van der Waals surface area contributed by atoms with Crippen LogP contribution in [0.4, 0.5) is 0 Å². The van der Waals surface area contributed by atoms with Gasteiger partial charge in [-0.15, -0.1) is 0 Å². The molecular formula is C13H15NO4S. The first-order chi connectivity index (χ1) is 9.12. The van der Waals surface area contributed by atoms with Crippen molar-refractivity contribution in [2.24, 2.45) is 0 Å². The van der Waals surface area contributed by atoms with Gasteiger partial charge in [-0.3, -0.25) is 0 Å². The minimum atomic E-state index is -3.47. The standard InChI is InChI=1S/C13H15NO4S/c1-17-12-2-4-13(5-3-12)19(15,16)14-8-6-11-7-9-18-10-11/h2-5,7,9-10,14H,6,8H2,1H3. The molecule has 0 aliphatic carbocycles. The van der Waals surface area contributed by atoms with Crippen LogP contribution in [0.15, 0.2) is 52.2 Å². The Morgan fingerprint density at radius 3 is 2.53 bits per heavy atom. The molecule has 0 aliphatic heterocycles. The largest absolute Gasteiger partial charge is 0.497 e. The Hall–Kier alpha value is -1.79. The molecule has 102 valence electrons. The Morgan fingerprint density at radius 2 is 1.95 bits per heavy atom. The lowest BCUT2D eigenvalue weighted by atomic mass is 10.2. The number of benzene rings is 1. The molecule has 19 heavy (non-hydrogen) atoms. The highest BCUT2D eigenvalue weighted by Crippen LogP contribution is 2.15. The van der Waals surface area contributed by atoms with Crippen molar-refractivity contribution in [1.29, 1.82) is 0 Å². The van der Waals surface area contributed by atoms with E-state index < -0.39 is 10.0 Å². The summed E-state index contributed by atoms with van der Waals surface area (Å²) in [6, 6.07) is 8.06. The van der Waals surface area contributed by atoms with Gasteiger partial charge in [-0.05, 0) is 42.3 Å². The number of hydrogen-bond donors (Lipinski definition) is 1. The second-order valence-corrected chi connectivity index (χ2v) is 5.72. The molecule has 1 N–H and O–H groups in total. The number of rotatable bonds is 6. The normalized spacial score (nSPS) is 11.4. The third-order valence-corrected chi connectivity index (χ3v) is 4.13. The van der Waals surface area contributed by atoms with Crippen molar-refractivity contribution in [2.45, 2.75) is 11.3 Å². The van der Waals surface area contributed by atoms with Crippen molar-refractivity contribution in [1.82, 2.24) is 4.72 Å². The van der Waals surface area contributed by atoms with E-state index in [9.17, 15) is 8.42 Å². The van der Waals surface area contributed by atoms with Gasteiger partial charge in [0, 0.05) is 6.54 Å². The summed E-state index contributed by atoms with van der Waals surface area (Å²) in [4.78, 5) is 0.223. The Balaban J connectivity index is 1.97. The first kappa shape index (κ1) is 13.6. The van der Waals surface area contributed by atoms with Crippen molar-refractivity contribution < 1.29 is 17.6 Å². The van der Waals surface area contributed by atoms with Gasteiger partial charge in [-0.25, -0.2) is 13.1 Å². The highest BCUT2D eigenvalue weighted by Gasteiger charge is 2.13. The minimum Gasteiger partial charge on any atom is -0.497 e. The number of nitrogens with one attached hydrogen (secondary N) is 1. The first-order valence-electron chi connectivity index (χ1n) is 5.76. The van der Waals surface area contributed by atoms with Crippen LogP contribution >= 0.6 is 0 Å². The van der Waals surface area contributed by atoms with Gasteiger partial charge in [0.1, 0.15) is 5.75 Å². The monoisotopic (exact) mass is 281 g/mol. The summed E-state index contributed by atoms with van der Waals surface area (Å²) in [5.74, 6) is 0.623. The van der Waals surface area contributed by atoms with Crippen LogP contribution in [-0.4, -0.2) is 22.1 Å². The van der Waals surface area contributed by atoms with Gasteiger partial charge in [0.2, 0.25) is 10.0 Å². The molecule has 1 heterocycles. The predicted molar refractivity (Wildman–Crippen MR) is 70.6 cm³/mol. The SMILES string of the molecule is COc1ccc(S(=O)(=O)NCCc2ccoc2)cc1. The highest BCUT2D eigenvalue weighted by atomic mass is 32.2. The molecule has 0 saturated carbocycles. The van der Waals surface area contributed by atoms with Crippen LogP contribution in [0.5, 0.6) is 5.75 Å². The van der Waals surface area contributed by atoms with Gasteiger partial charge in [-0.1, -0.05) is 0 Å². The summed E-state index contributed by atoms with van der Waals surface area (Å²) < 4.78 is 36.4. The van der Waals surface area contributed by atoms with Crippen molar-refractivity contribution in [3.8, 4) is 5.75 Å². The molecule has 0 atom stereocenters. The van der Waals surface area contributed by atoms with Crippen molar-refractivity contribution >= 4 is 10.0 Å². The summed E-state index contributed by atoms with van der Waals surface area (Å²) in [7, 11) is -1.94. The third kappa shape index (κ3) is 3.59. The Labute approximate surface area is 112 Å². The maximum atomic E-state index is 12.0. The van der Waals surface area contributed by atoms with E-state index in [4.69, 9.17) is 9.15 Å². The number of ether oxygens (including phenoxy) is 1. The molecule has 0 spiro atoms. The average molecular weight is 281 g/mol. The second-order valence-electron chi connectivity index (χ2n) is 3.95. The van der Waals surface area contributed by atoms with E-state index in [1.54, 1.807) is 24.7 Å². The quantitative estimate of drug-likeness (QED) is 0.876. The molecule has 5 nitrogen and oxygen atoms in total. The van der Waals surface area contributed by atoms with E-state index in [0.717, 1.165) is 5.56 Å². The van der Waals surface area contributed by atoms with Crippen LogP contribution in [0.1, 0.15) is 5.56 Å². The zero-order valence-corrected chi connectivity index (χ0v) is 11.3. The topological polar surface area (TPSA) is 68.5 Å². The van der Waals surface area contributed by atoms with Crippen LogP contribution in [0.2, 0.25) is 0 Å². The van der Waals surface area contributed by atoms with Gasteiger partial charge >= 0.3 is 0 Å². The Kier molecular flexibility index (Phi) is 4.24. The maximum Gasteiger partial charge on any atom is 0.240 e. The molecule has 0 bridgehead atoms. The smallest absolute Gasteiger partial charge is 0.240 e. The van der Waals surface area contributed by atoms with E-state index in [1.807, 2.05) is 6.07 Å². The zero-order valence-electron chi connectivity index (χ0n) is 10.5. The molecule has 2 rings (SSSR count). The molecule has 0 radical (unpaired) electrons. The maximum absolute atomic E-state index is 12.0. The predicted octanol–water partition coefficient (Wildman–Crippen LogP) is 1.81. The average Bonchev–Trinajstić information content (AvgIpc) is 2.92. The fourth-order valence-corrected chi connectivity index (χ4v) is 2.63. The summed E-state index contributed by atoms with van der Waals surface area (Å²) in [6.07, 6.45) is 3.75. The van der Waals surface area contributed by atoms with Crippen LogP contribution in [0, 0.1) is 0 Å². The summed E-state index contributed by atoms with van der Waals surface area (Å²) in [5.41, 5.74) is 0.956. The van der Waals surface area contributed by atoms with Gasteiger partial charge in [0.25, 0.3) is 0 Å². The number of hydrogen-bond acceptors (Lipinski definition) is 4. The van der Waals surface area contributed by atoms with Crippen LogP contribution < -0.4 is 9.46 Å². The lowest BCUT2D eigenvalue weighted by Crippen LogP contribution is -2.25. The van der Waals surface area contributed by atoms with Crippen molar-refractivity contribution in [3.05, 3.63) is 48.4 Å². The zero-order chi connectivity index (χ0) is 13.7. The molecule has 0 unspecified atom stereocenters. The van der Waals surface area contributed by atoms with E-state index in [0.29, 0.717) is 18.7 Å². The van der Waals surface area contributed by atoms with Crippen LogP contribution in [0.3, 0.4) is 0 Å². The summed E-state index contributed by atoms with van der Waals surface area (Å²) >= 11 is 0. The molecule has 1 aromatic carbocycles. The molecule has 6 heteroatoms. The Morgan fingerprint density at radius 1 is 1.21 bits per heavy atom. The fourth-order valence-electron chi connectivity index (χ4n) is 1.60. The second kappa shape index (κ2) is 5.90. The van der Waals surface area contributed by atoms with Crippen LogP contribution in [0.25, 0.3) is 0 Å². The third-order valence-electron chi connectivity index (χ3n) is 2.66.